The van der Waals surface area contributed by atoms with Crippen molar-refractivity contribution in [2.45, 2.75) is 13.5 Å². The zero-order chi connectivity index (χ0) is 22.7. The number of aryl methyl sites for hydroxylation is 1. The molecule has 0 radical (unpaired) electrons. The van der Waals surface area contributed by atoms with Gasteiger partial charge in [-0.3, -0.25) is 9.59 Å². The smallest absolute Gasteiger partial charge is 0.297 e. The molecule has 4 N–H and O–H groups in total. The number of nitrogens with zero attached hydrogens (tertiary/aromatic N) is 3. The maximum absolute atomic E-state index is 12.6. The fourth-order valence-corrected chi connectivity index (χ4v) is 3.35. The maximum Gasteiger partial charge on any atom is 0.297 e. The highest BCUT2D eigenvalue weighted by molar-refractivity contribution is 6.01. The van der Waals surface area contributed by atoms with Crippen LogP contribution in [0, 0.1) is 6.92 Å². The first-order valence-corrected chi connectivity index (χ1v) is 9.91. The third-order valence-electron chi connectivity index (χ3n) is 4.99. The number of amides is 2. The highest BCUT2D eigenvalue weighted by Gasteiger charge is 2.19. The van der Waals surface area contributed by atoms with Crippen molar-refractivity contribution in [3.8, 4) is 5.88 Å². The van der Waals surface area contributed by atoms with Crippen molar-refractivity contribution in [1.29, 1.82) is 0 Å². The van der Waals surface area contributed by atoms with Gasteiger partial charge in [-0.2, -0.15) is 0 Å². The van der Waals surface area contributed by atoms with Crippen LogP contribution < -0.4 is 11.1 Å². The summed E-state index contributed by atoms with van der Waals surface area (Å²) >= 11 is 0. The Morgan fingerprint density at radius 3 is 2.44 bits per heavy atom. The summed E-state index contributed by atoms with van der Waals surface area (Å²) in [6, 6.07) is 21.0. The number of azo groups is 1. The molecule has 0 aliphatic carbocycles. The van der Waals surface area contributed by atoms with Crippen LogP contribution in [0.1, 0.15) is 15.9 Å². The summed E-state index contributed by atoms with van der Waals surface area (Å²) in [6.45, 7) is 1.82. The van der Waals surface area contributed by atoms with E-state index in [4.69, 9.17) is 5.73 Å². The molecule has 8 heteroatoms. The van der Waals surface area contributed by atoms with E-state index < -0.39 is 5.91 Å². The van der Waals surface area contributed by atoms with Crippen molar-refractivity contribution in [2.24, 2.45) is 10.2 Å². The minimum atomic E-state index is -0.628. The van der Waals surface area contributed by atoms with Gasteiger partial charge in [0.15, 0.2) is 5.69 Å². The first-order valence-electron chi connectivity index (χ1n) is 9.91. The summed E-state index contributed by atoms with van der Waals surface area (Å²) in [5.41, 5.74) is 8.76. The molecule has 32 heavy (non-hydrogen) atoms. The van der Waals surface area contributed by atoms with Crippen LogP contribution in [-0.4, -0.2) is 21.5 Å². The summed E-state index contributed by atoms with van der Waals surface area (Å²) in [6.07, 6.45) is 0. The van der Waals surface area contributed by atoms with Gasteiger partial charge in [-0.25, -0.2) is 0 Å². The first kappa shape index (κ1) is 20.8. The Morgan fingerprint density at radius 1 is 1.00 bits per heavy atom. The zero-order valence-corrected chi connectivity index (χ0v) is 17.3. The lowest BCUT2D eigenvalue weighted by Gasteiger charge is -2.08. The molecule has 4 rings (SSSR count). The van der Waals surface area contributed by atoms with Gasteiger partial charge in [0.1, 0.15) is 6.54 Å². The molecule has 2 amide bonds. The topological polar surface area (TPSA) is 122 Å². The van der Waals surface area contributed by atoms with Gasteiger partial charge in [-0.1, -0.05) is 48.0 Å². The quantitative estimate of drug-likeness (QED) is 0.313. The van der Waals surface area contributed by atoms with Crippen molar-refractivity contribution in [3.05, 3.63) is 83.9 Å². The molecule has 0 unspecified atom stereocenters. The Labute approximate surface area is 184 Å². The highest BCUT2D eigenvalue weighted by Crippen LogP contribution is 2.39. The fourth-order valence-electron chi connectivity index (χ4n) is 3.35. The van der Waals surface area contributed by atoms with Gasteiger partial charge in [0, 0.05) is 16.8 Å². The molecular weight excluding hydrogens is 406 g/mol. The molecule has 0 spiro atoms. The number of aromatic nitrogens is 1. The first-order chi connectivity index (χ1) is 15.4. The van der Waals surface area contributed by atoms with Crippen LogP contribution in [-0.2, 0) is 11.3 Å². The Hall–Kier alpha value is -4.46. The predicted molar refractivity (Wildman–Crippen MR) is 123 cm³/mol. The van der Waals surface area contributed by atoms with Gasteiger partial charge in [-0.05, 0) is 37.3 Å². The lowest BCUT2D eigenvalue weighted by atomic mass is 10.2. The number of carbonyl (C=O) groups is 2. The summed E-state index contributed by atoms with van der Waals surface area (Å²) in [7, 11) is 0. The highest BCUT2D eigenvalue weighted by atomic mass is 16.3. The van der Waals surface area contributed by atoms with Crippen molar-refractivity contribution in [2.75, 3.05) is 11.1 Å². The van der Waals surface area contributed by atoms with E-state index in [0.29, 0.717) is 16.6 Å². The third kappa shape index (κ3) is 4.20. The number of hydrogen-bond donors (Lipinski definition) is 3. The van der Waals surface area contributed by atoms with E-state index in [1.54, 1.807) is 60.7 Å². The van der Waals surface area contributed by atoms with Crippen molar-refractivity contribution < 1.29 is 14.7 Å². The van der Waals surface area contributed by atoms with Gasteiger partial charge in [-0.15, -0.1) is 10.2 Å². The zero-order valence-electron chi connectivity index (χ0n) is 17.3. The van der Waals surface area contributed by atoms with Gasteiger partial charge < -0.3 is 20.7 Å². The molecule has 160 valence electrons. The Bertz CT molecular complexity index is 1340. The number of hydrogen-bond acceptors (Lipinski definition) is 5. The second-order valence-corrected chi connectivity index (χ2v) is 7.28. The average molecular weight is 427 g/mol. The standard InChI is InChI=1S/C24H21N5O3/c1-15-10-12-16(13-11-15)26-21(30)14-29-20-9-5-3-7-18(20)22(24(29)32)27-28-23(31)17-6-2-4-8-19(17)25/h2-13,32H,14,25H2,1H3,(H,26,30). The van der Waals surface area contributed by atoms with Crippen LogP contribution in [0.25, 0.3) is 10.9 Å². The van der Waals surface area contributed by atoms with Crippen LogP contribution >= 0.6 is 0 Å². The minimum Gasteiger partial charge on any atom is -0.493 e. The van der Waals surface area contributed by atoms with Gasteiger partial charge in [0.2, 0.25) is 11.8 Å². The number of carbonyl (C=O) groups excluding carboxylic acids is 2. The van der Waals surface area contributed by atoms with Crippen LogP contribution in [0.3, 0.4) is 0 Å². The lowest BCUT2D eigenvalue weighted by Crippen LogP contribution is -2.18. The van der Waals surface area contributed by atoms with Gasteiger partial charge >= 0.3 is 0 Å². The molecule has 0 aliphatic rings. The van der Waals surface area contributed by atoms with E-state index in [1.807, 2.05) is 19.1 Å². The molecule has 1 heterocycles. The molecule has 0 aliphatic heterocycles. The van der Waals surface area contributed by atoms with Crippen molar-refractivity contribution in [1.82, 2.24) is 4.57 Å². The molecule has 8 nitrogen and oxygen atoms in total. The largest absolute Gasteiger partial charge is 0.493 e. The van der Waals surface area contributed by atoms with E-state index in [-0.39, 0.29) is 35.3 Å². The number of rotatable bonds is 5. The van der Waals surface area contributed by atoms with Crippen LogP contribution in [0.4, 0.5) is 17.1 Å². The van der Waals surface area contributed by atoms with E-state index in [1.165, 1.54) is 4.57 Å². The van der Waals surface area contributed by atoms with E-state index in [0.717, 1.165) is 5.56 Å². The average Bonchev–Trinajstić information content (AvgIpc) is 3.05. The number of fused-ring (bicyclic) bond motifs is 1. The van der Waals surface area contributed by atoms with E-state index in [9.17, 15) is 14.7 Å². The second kappa shape index (κ2) is 8.73. The van der Waals surface area contributed by atoms with Gasteiger partial charge in [0.05, 0.1) is 11.1 Å². The van der Waals surface area contributed by atoms with Gasteiger partial charge in [0.25, 0.3) is 5.91 Å². The molecule has 0 saturated heterocycles. The lowest BCUT2D eigenvalue weighted by molar-refractivity contribution is -0.116. The molecule has 0 atom stereocenters. The molecule has 3 aromatic carbocycles. The second-order valence-electron chi connectivity index (χ2n) is 7.28. The van der Waals surface area contributed by atoms with E-state index >= 15 is 0 Å². The number of anilines is 2. The van der Waals surface area contributed by atoms with E-state index in [2.05, 4.69) is 15.5 Å². The number of benzene rings is 3. The summed E-state index contributed by atoms with van der Waals surface area (Å²) < 4.78 is 1.43. The van der Waals surface area contributed by atoms with Crippen molar-refractivity contribution in [3.63, 3.8) is 0 Å². The number of aromatic hydroxyl groups is 1. The Balaban J connectivity index is 1.63. The molecular formula is C24H21N5O3. The maximum atomic E-state index is 12.6. The number of nitrogen functional groups attached to an aromatic ring is 1. The summed E-state index contributed by atoms with van der Waals surface area (Å²) in [5, 5.41) is 21.9. The number of para-hydroxylation sites is 2. The normalized spacial score (nSPS) is 11.2. The Morgan fingerprint density at radius 2 is 1.69 bits per heavy atom. The number of nitrogens with two attached hydrogens (primary N) is 1. The monoisotopic (exact) mass is 427 g/mol. The molecule has 0 saturated carbocycles. The van der Waals surface area contributed by atoms with Crippen LogP contribution in [0.2, 0.25) is 0 Å². The Kier molecular flexibility index (Phi) is 5.67. The van der Waals surface area contributed by atoms with Crippen molar-refractivity contribution >= 4 is 39.8 Å². The van der Waals surface area contributed by atoms with Crippen LogP contribution in [0.5, 0.6) is 5.88 Å². The number of nitrogens with one attached hydrogen (secondary N) is 1. The fraction of sp³-hybridized carbons (Fsp3) is 0.0833. The predicted octanol–water partition coefficient (Wildman–Crippen LogP) is 4.80. The molecule has 4 aromatic rings. The minimum absolute atomic E-state index is 0.103. The SMILES string of the molecule is Cc1ccc(NC(=O)Cn2c(O)c(N=NC(=O)c3ccccc3N)c3ccccc32)cc1. The molecule has 0 bridgehead atoms. The molecule has 0 fully saturated rings. The third-order valence-corrected chi connectivity index (χ3v) is 4.99. The van der Waals surface area contributed by atoms with Crippen LogP contribution in [0.15, 0.2) is 83.0 Å². The molecule has 1 aromatic heterocycles. The summed E-state index contributed by atoms with van der Waals surface area (Å²) in [4.78, 5) is 25.0. The summed E-state index contributed by atoms with van der Waals surface area (Å²) in [5.74, 6) is -1.21.